The highest BCUT2D eigenvalue weighted by atomic mass is 16.3. The van der Waals surface area contributed by atoms with Gasteiger partial charge in [0.25, 0.3) is 5.91 Å². The van der Waals surface area contributed by atoms with Gasteiger partial charge in [0.15, 0.2) is 0 Å². The number of piperazine rings is 1. The number of carbonyl (C=O) groups excluding carboxylic acids is 1. The lowest BCUT2D eigenvalue weighted by Crippen LogP contribution is -2.55. The van der Waals surface area contributed by atoms with Gasteiger partial charge in [-0.1, -0.05) is 24.3 Å². The molecule has 0 spiro atoms. The second-order valence-electron chi connectivity index (χ2n) is 7.95. The summed E-state index contributed by atoms with van der Waals surface area (Å²) in [4.78, 5) is 17.0. The number of carbonyl (C=O) groups is 1. The summed E-state index contributed by atoms with van der Waals surface area (Å²) >= 11 is 0. The predicted molar refractivity (Wildman–Crippen MR) is 117 cm³/mol. The molecule has 1 amide bonds. The number of nitrogens with zero attached hydrogens (tertiary/aromatic N) is 2. The summed E-state index contributed by atoms with van der Waals surface area (Å²) in [5, 5.41) is 13.6. The van der Waals surface area contributed by atoms with Crippen molar-refractivity contribution >= 4 is 5.91 Å². The number of hydrogen-bond acceptors (Lipinski definition) is 4. The van der Waals surface area contributed by atoms with Crippen molar-refractivity contribution in [1.82, 2.24) is 15.1 Å². The average Bonchev–Trinajstić information content (AvgIpc) is 2.72. The monoisotopic (exact) mass is 395 g/mol. The van der Waals surface area contributed by atoms with E-state index in [1.807, 2.05) is 43.0 Å². The van der Waals surface area contributed by atoms with Crippen molar-refractivity contribution in [3.05, 3.63) is 65.2 Å². The fourth-order valence-electron chi connectivity index (χ4n) is 4.18. The van der Waals surface area contributed by atoms with Crippen molar-refractivity contribution in [3.8, 4) is 5.75 Å². The minimum atomic E-state index is 0.0271. The van der Waals surface area contributed by atoms with Crippen molar-refractivity contribution < 1.29 is 9.90 Å². The van der Waals surface area contributed by atoms with E-state index in [4.69, 9.17) is 0 Å². The molecule has 5 heteroatoms. The van der Waals surface area contributed by atoms with E-state index in [0.717, 1.165) is 24.2 Å². The molecule has 0 saturated carbocycles. The minimum absolute atomic E-state index is 0.0271. The van der Waals surface area contributed by atoms with Crippen molar-refractivity contribution in [1.29, 1.82) is 0 Å². The molecule has 2 aromatic carbocycles. The maximum Gasteiger partial charge on any atom is 0.253 e. The predicted octanol–water partition coefficient (Wildman–Crippen LogP) is 3.65. The molecule has 0 radical (unpaired) electrons. The molecular formula is C24H33N3O2. The van der Waals surface area contributed by atoms with Crippen molar-refractivity contribution in [2.45, 2.75) is 45.8 Å². The van der Waals surface area contributed by atoms with E-state index in [9.17, 15) is 9.90 Å². The standard InChI is InChI=1S/C24H33N3O2/c1-5-26(6-2)24(29)20-12-10-19(11-13-20)23(21-8-7-9-22(28)14-21)27-16-17(3)25-15-18(27)4/h7-14,17-18,23,25,28H,5-6,15-16H2,1-4H3/t17-,18+,23+/m1/s1. The average molecular weight is 396 g/mol. The zero-order chi connectivity index (χ0) is 21.0. The molecule has 2 N–H and O–H groups in total. The zero-order valence-electron chi connectivity index (χ0n) is 17.9. The van der Waals surface area contributed by atoms with Crippen LogP contribution in [0.2, 0.25) is 0 Å². The lowest BCUT2D eigenvalue weighted by atomic mass is 9.93. The van der Waals surface area contributed by atoms with E-state index in [2.05, 4.69) is 42.3 Å². The van der Waals surface area contributed by atoms with Crippen LogP contribution in [0.25, 0.3) is 0 Å². The first-order valence-electron chi connectivity index (χ1n) is 10.6. The minimum Gasteiger partial charge on any atom is -0.508 e. The van der Waals surface area contributed by atoms with Crippen molar-refractivity contribution in [2.24, 2.45) is 0 Å². The Hall–Kier alpha value is -2.37. The van der Waals surface area contributed by atoms with Gasteiger partial charge in [-0.05, 0) is 63.1 Å². The summed E-state index contributed by atoms with van der Waals surface area (Å²) in [7, 11) is 0. The summed E-state index contributed by atoms with van der Waals surface area (Å²) in [5.74, 6) is 0.344. The molecule has 2 aromatic rings. The van der Waals surface area contributed by atoms with E-state index < -0.39 is 0 Å². The van der Waals surface area contributed by atoms with Gasteiger partial charge in [0.05, 0.1) is 6.04 Å². The molecule has 0 aromatic heterocycles. The van der Waals surface area contributed by atoms with Gasteiger partial charge >= 0.3 is 0 Å². The summed E-state index contributed by atoms with van der Waals surface area (Å²) in [5.41, 5.74) is 2.91. The molecule has 0 unspecified atom stereocenters. The number of rotatable bonds is 6. The van der Waals surface area contributed by atoms with Gasteiger partial charge < -0.3 is 15.3 Å². The van der Waals surface area contributed by atoms with E-state index in [0.29, 0.717) is 30.7 Å². The molecule has 1 aliphatic rings. The Labute approximate surface area is 174 Å². The lowest BCUT2D eigenvalue weighted by molar-refractivity contribution is 0.0773. The van der Waals surface area contributed by atoms with Gasteiger partial charge in [-0.3, -0.25) is 9.69 Å². The van der Waals surface area contributed by atoms with Gasteiger partial charge in [0.1, 0.15) is 5.75 Å². The number of nitrogens with one attached hydrogen (secondary N) is 1. The maximum atomic E-state index is 12.7. The van der Waals surface area contributed by atoms with Crippen LogP contribution in [0.5, 0.6) is 5.75 Å². The van der Waals surface area contributed by atoms with Crippen LogP contribution in [-0.4, -0.2) is 59.1 Å². The fraction of sp³-hybridized carbons (Fsp3) is 0.458. The maximum absolute atomic E-state index is 12.7. The molecule has 1 aliphatic heterocycles. The van der Waals surface area contributed by atoms with E-state index in [1.54, 1.807) is 6.07 Å². The van der Waals surface area contributed by atoms with Crippen LogP contribution in [0.4, 0.5) is 0 Å². The smallest absolute Gasteiger partial charge is 0.253 e. The molecule has 1 saturated heterocycles. The number of hydrogen-bond donors (Lipinski definition) is 2. The molecule has 3 rings (SSSR count). The van der Waals surface area contributed by atoms with Crippen molar-refractivity contribution in [2.75, 3.05) is 26.2 Å². The summed E-state index contributed by atoms with van der Waals surface area (Å²) in [6, 6.07) is 16.3. The van der Waals surface area contributed by atoms with Crippen LogP contribution in [-0.2, 0) is 0 Å². The molecule has 3 atom stereocenters. The second-order valence-corrected chi connectivity index (χ2v) is 7.95. The Morgan fingerprint density at radius 2 is 1.83 bits per heavy atom. The van der Waals surface area contributed by atoms with E-state index in [-0.39, 0.29) is 17.7 Å². The molecule has 29 heavy (non-hydrogen) atoms. The fourth-order valence-corrected chi connectivity index (χ4v) is 4.18. The molecule has 5 nitrogen and oxygen atoms in total. The van der Waals surface area contributed by atoms with Gasteiger partial charge in [0.2, 0.25) is 0 Å². The molecule has 0 aliphatic carbocycles. The summed E-state index contributed by atoms with van der Waals surface area (Å²) in [6.07, 6.45) is 0. The van der Waals surface area contributed by atoms with E-state index in [1.165, 1.54) is 0 Å². The molecule has 156 valence electrons. The lowest BCUT2D eigenvalue weighted by Gasteiger charge is -2.43. The second kappa shape index (κ2) is 9.42. The quantitative estimate of drug-likeness (QED) is 0.784. The van der Waals surface area contributed by atoms with Crippen LogP contribution in [0.3, 0.4) is 0 Å². The highest BCUT2D eigenvalue weighted by Gasteiger charge is 2.31. The number of phenols is 1. The third kappa shape index (κ3) is 4.80. The van der Waals surface area contributed by atoms with Crippen LogP contribution >= 0.6 is 0 Å². The highest BCUT2D eigenvalue weighted by molar-refractivity contribution is 5.94. The first kappa shape index (κ1) is 21.3. The molecule has 0 bridgehead atoms. The number of benzene rings is 2. The van der Waals surface area contributed by atoms with Gasteiger partial charge in [-0.2, -0.15) is 0 Å². The van der Waals surface area contributed by atoms with Crippen LogP contribution in [0, 0.1) is 0 Å². The Balaban J connectivity index is 1.97. The molecular weight excluding hydrogens is 362 g/mol. The van der Waals surface area contributed by atoms with Crippen LogP contribution in [0.15, 0.2) is 48.5 Å². The number of aromatic hydroxyl groups is 1. The summed E-state index contributed by atoms with van der Waals surface area (Å²) < 4.78 is 0. The first-order valence-corrected chi connectivity index (χ1v) is 10.6. The van der Waals surface area contributed by atoms with E-state index >= 15 is 0 Å². The Kier molecular flexibility index (Phi) is 6.93. The normalized spacial score (nSPS) is 21.0. The number of amides is 1. The topological polar surface area (TPSA) is 55.8 Å². The zero-order valence-corrected chi connectivity index (χ0v) is 17.9. The molecule has 1 fully saturated rings. The highest BCUT2D eigenvalue weighted by Crippen LogP contribution is 2.33. The SMILES string of the molecule is CCN(CC)C(=O)c1ccc([C@@H](c2cccc(O)c2)N2C[C@@H](C)NC[C@@H]2C)cc1. The third-order valence-electron chi connectivity index (χ3n) is 5.85. The Bertz CT molecular complexity index is 817. The Morgan fingerprint density at radius 1 is 1.14 bits per heavy atom. The summed E-state index contributed by atoms with van der Waals surface area (Å²) in [6.45, 7) is 11.7. The number of phenolic OH excluding ortho intramolecular Hbond substituents is 1. The molecule has 1 heterocycles. The largest absolute Gasteiger partial charge is 0.508 e. The Morgan fingerprint density at radius 3 is 2.45 bits per heavy atom. The van der Waals surface area contributed by atoms with Crippen LogP contribution in [0.1, 0.15) is 55.2 Å². The van der Waals surface area contributed by atoms with Gasteiger partial charge in [-0.15, -0.1) is 0 Å². The van der Waals surface area contributed by atoms with Gasteiger partial charge in [-0.25, -0.2) is 0 Å². The van der Waals surface area contributed by atoms with Gasteiger partial charge in [0, 0.05) is 43.8 Å². The van der Waals surface area contributed by atoms with Crippen molar-refractivity contribution in [3.63, 3.8) is 0 Å². The first-order chi connectivity index (χ1) is 13.9. The third-order valence-corrected chi connectivity index (χ3v) is 5.85. The van der Waals surface area contributed by atoms with Crippen LogP contribution < -0.4 is 5.32 Å².